The number of nitrogens with one attached hydrogen (secondary N) is 2. The summed E-state index contributed by atoms with van der Waals surface area (Å²) in [5, 5.41) is 9.59. The van der Waals surface area contributed by atoms with Gasteiger partial charge in [-0.1, -0.05) is 36.4 Å². The number of carbonyl (C=O) groups is 2. The number of benzene rings is 3. The topological polar surface area (TPSA) is 76.7 Å². The number of fused-ring (bicyclic) bond motifs is 1. The van der Waals surface area contributed by atoms with Crippen molar-refractivity contribution in [3.8, 4) is 11.5 Å². The lowest BCUT2D eigenvalue weighted by atomic mass is 10.1. The van der Waals surface area contributed by atoms with Crippen LogP contribution in [-0.2, 0) is 4.79 Å². The van der Waals surface area contributed by atoms with E-state index in [0.717, 1.165) is 10.8 Å². The van der Waals surface area contributed by atoms with Crippen LogP contribution in [0.5, 0.6) is 11.5 Å². The lowest BCUT2D eigenvalue weighted by Gasteiger charge is -2.13. The summed E-state index contributed by atoms with van der Waals surface area (Å²) in [5.41, 5.74) is 1.06. The van der Waals surface area contributed by atoms with E-state index in [1.165, 1.54) is 18.4 Å². The highest BCUT2D eigenvalue weighted by Crippen LogP contribution is 2.29. The molecule has 0 aliphatic rings. The first-order chi connectivity index (χ1) is 15.1. The third-order valence-electron chi connectivity index (χ3n) is 4.57. The van der Waals surface area contributed by atoms with E-state index in [0.29, 0.717) is 27.8 Å². The van der Waals surface area contributed by atoms with E-state index in [-0.39, 0.29) is 18.4 Å². The standard InChI is InChI=1S/C24H20N2O4S/c1-29-21-14-18(9-11-20(21)26-24(28)22-7-4-12-31-22)25-23(27)15-30-19-10-8-16-5-2-3-6-17(16)13-19/h2-14H,15H2,1H3,(H,25,27)(H,26,28). The Kier molecular flexibility index (Phi) is 6.14. The van der Waals surface area contributed by atoms with Gasteiger partial charge in [0.1, 0.15) is 11.5 Å². The van der Waals surface area contributed by atoms with Crippen LogP contribution >= 0.6 is 11.3 Å². The lowest BCUT2D eigenvalue weighted by Crippen LogP contribution is -2.20. The van der Waals surface area contributed by atoms with Crippen molar-refractivity contribution >= 4 is 45.3 Å². The van der Waals surface area contributed by atoms with Gasteiger partial charge in [-0.05, 0) is 46.5 Å². The minimum Gasteiger partial charge on any atom is -0.494 e. The van der Waals surface area contributed by atoms with Crippen LogP contribution in [0.15, 0.2) is 78.2 Å². The van der Waals surface area contributed by atoms with Crippen LogP contribution in [0.25, 0.3) is 10.8 Å². The van der Waals surface area contributed by atoms with Crippen molar-refractivity contribution < 1.29 is 19.1 Å². The Balaban J connectivity index is 1.37. The monoisotopic (exact) mass is 432 g/mol. The molecule has 156 valence electrons. The van der Waals surface area contributed by atoms with Gasteiger partial charge in [-0.2, -0.15) is 0 Å². The van der Waals surface area contributed by atoms with Gasteiger partial charge in [-0.3, -0.25) is 9.59 Å². The smallest absolute Gasteiger partial charge is 0.265 e. The van der Waals surface area contributed by atoms with Crippen molar-refractivity contribution in [3.63, 3.8) is 0 Å². The molecule has 7 heteroatoms. The zero-order valence-corrected chi connectivity index (χ0v) is 17.6. The number of amides is 2. The van der Waals surface area contributed by atoms with E-state index >= 15 is 0 Å². The highest BCUT2D eigenvalue weighted by atomic mass is 32.1. The van der Waals surface area contributed by atoms with Gasteiger partial charge in [0.05, 0.1) is 17.7 Å². The molecule has 0 fully saturated rings. The maximum Gasteiger partial charge on any atom is 0.265 e. The molecule has 2 amide bonds. The van der Waals surface area contributed by atoms with Crippen molar-refractivity contribution in [2.45, 2.75) is 0 Å². The summed E-state index contributed by atoms with van der Waals surface area (Å²) in [4.78, 5) is 25.2. The van der Waals surface area contributed by atoms with E-state index in [2.05, 4.69) is 10.6 Å². The van der Waals surface area contributed by atoms with Crippen LogP contribution in [0, 0.1) is 0 Å². The summed E-state index contributed by atoms with van der Waals surface area (Å²) >= 11 is 1.36. The summed E-state index contributed by atoms with van der Waals surface area (Å²) in [5.74, 6) is 0.552. The number of methoxy groups -OCH3 is 1. The maximum atomic E-state index is 12.3. The minimum absolute atomic E-state index is 0.127. The average molecular weight is 433 g/mol. The van der Waals surface area contributed by atoms with Gasteiger partial charge in [0.2, 0.25) is 0 Å². The summed E-state index contributed by atoms with van der Waals surface area (Å²) in [7, 11) is 1.50. The summed E-state index contributed by atoms with van der Waals surface area (Å²) in [6.45, 7) is -0.127. The number of anilines is 2. The van der Waals surface area contributed by atoms with Crippen LogP contribution in [0.2, 0.25) is 0 Å². The predicted molar refractivity (Wildman–Crippen MR) is 123 cm³/mol. The lowest BCUT2D eigenvalue weighted by molar-refractivity contribution is -0.118. The molecule has 0 saturated carbocycles. The molecule has 0 spiro atoms. The van der Waals surface area contributed by atoms with Crippen molar-refractivity contribution in [1.29, 1.82) is 0 Å². The van der Waals surface area contributed by atoms with Gasteiger partial charge in [0, 0.05) is 11.8 Å². The van der Waals surface area contributed by atoms with E-state index in [1.54, 1.807) is 24.3 Å². The minimum atomic E-state index is -0.300. The second-order valence-electron chi connectivity index (χ2n) is 6.69. The van der Waals surface area contributed by atoms with Gasteiger partial charge < -0.3 is 20.1 Å². The zero-order chi connectivity index (χ0) is 21.6. The summed E-state index contributed by atoms with van der Waals surface area (Å²) in [6, 6.07) is 22.2. The molecule has 1 heterocycles. The van der Waals surface area contributed by atoms with Gasteiger partial charge in [-0.15, -0.1) is 11.3 Å². The number of rotatable bonds is 7. The van der Waals surface area contributed by atoms with Crippen molar-refractivity contribution in [2.24, 2.45) is 0 Å². The average Bonchev–Trinajstić information content (AvgIpc) is 3.34. The predicted octanol–water partition coefficient (Wildman–Crippen LogP) is 5.18. The van der Waals surface area contributed by atoms with Gasteiger partial charge in [-0.25, -0.2) is 0 Å². The Hall–Kier alpha value is -3.84. The molecule has 0 bridgehead atoms. The molecule has 0 aliphatic carbocycles. The maximum absolute atomic E-state index is 12.3. The van der Waals surface area contributed by atoms with Gasteiger partial charge >= 0.3 is 0 Å². The third-order valence-corrected chi connectivity index (χ3v) is 5.44. The first-order valence-corrected chi connectivity index (χ1v) is 10.4. The third kappa shape index (κ3) is 5.02. The number of hydrogen-bond donors (Lipinski definition) is 2. The molecule has 4 aromatic rings. The second-order valence-corrected chi connectivity index (χ2v) is 7.64. The number of ether oxygens (including phenoxy) is 2. The van der Waals surface area contributed by atoms with Crippen LogP contribution in [0.1, 0.15) is 9.67 Å². The highest BCUT2D eigenvalue weighted by Gasteiger charge is 2.12. The molecule has 31 heavy (non-hydrogen) atoms. The van der Waals surface area contributed by atoms with Gasteiger partial charge in [0.25, 0.3) is 11.8 Å². The fourth-order valence-corrected chi connectivity index (χ4v) is 3.69. The fraction of sp³-hybridized carbons (Fsp3) is 0.0833. The molecule has 0 radical (unpaired) electrons. The Labute approximate surface area is 183 Å². The molecular formula is C24H20N2O4S. The molecule has 1 aromatic heterocycles. The molecule has 3 aromatic carbocycles. The molecule has 0 atom stereocenters. The van der Waals surface area contributed by atoms with Crippen LogP contribution in [0.4, 0.5) is 11.4 Å². The van der Waals surface area contributed by atoms with Crippen molar-refractivity contribution in [1.82, 2.24) is 0 Å². The second kappa shape index (κ2) is 9.32. The quantitative estimate of drug-likeness (QED) is 0.422. The van der Waals surface area contributed by atoms with Crippen LogP contribution in [0.3, 0.4) is 0 Å². The summed E-state index contributed by atoms with van der Waals surface area (Å²) < 4.78 is 11.0. The Bertz CT molecular complexity index is 1220. The first kappa shape index (κ1) is 20.4. The van der Waals surface area contributed by atoms with E-state index < -0.39 is 0 Å². The number of carbonyl (C=O) groups excluding carboxylic acids is 2. The normalized spacial score (nSPS) is 10.5. The highest BCUT2D eigenvalue weighted by molar-refractivity contribution is 7.12. The molecule has 0 unspecified atom stereocenters. The molecule has 2 N–H and O–H groups in total. The first-order valence-electron chi connectivity index (χ1n) is 9.57. The Morgan fingerprint density at radius 2 is 1.74 bits per heavy atom. The zero-order valence-electron chi connectivity index (χ0n) is 16.8. The van der Waals surface area contributed by atoms with Crippen molar-refractivity contribution in [3.05, 3.63) is 83.1 Å². The Morgan fingerprint density at radius 1 is 0.903 bits per heavy atom. The molecular weight excluding hydrogens is 412 g/mol. The SMILES string of the molecule is COc1cc(NC(=O)COc2ccc3ccccc3c2)ccc1NC(=O)c1cccs1. The van der Waals surface area contributed by atoms with Crippen molar-refractivity contribution in [2.75, 3.05) is 24.4 Å². The molecule has 4 rings (SSSR count). The fourth-order valence-electron chi connectivity index (χ4n) is 3.07. The van der Waals surface area contributed by atoms with Crippen LogP contribution < -0.4 is 20.1 Å². The molecule has 0 aliphatic heterocycles. The molecule has 6 nitrogen and oxygen atoms in total. The molecule has 0 saturated heterocycles. The Morgan fingerprint density at radius 3 is 2.52 bits per heavy atom. The van der Waals surface area contributed by atoms with E-state index in [9.17, 15) is 9.59 Å². The largest absolute Gasteiger partial charge is 0.494 e. The summed E-state index contributed by atoms with van der Waals surface area (Å²) in [6.07, 6.45) is 0. The number of hydrogen-bond acceptors (Lipinski definition) is 5. The van der Waals surface area contributed by atoms with E-state index in [1.807, 2.05) is 53.9 Å². The van der Waals surface area contributed by atoms with Crippen LogP contribution in [-0.4, -0.2) is 25.5 Å². The van der Waals surface area contributed by atoms with Gasteiger partial charge in [0.15, 0.2) is 6.61 Å². The van der Waals surface area contributed by atoms with E-state index in [4.69, 9.17) is 9.47 Å². The number of thiophene rings is 1.